The summed E-state index contributed by atoms with van der Waals surface area (Å²) in [5.74, 6) is -1.08. The first-order valence-electron chi connectivity index (χ1n) is 16.8. The molecule has 5 N–H and O–H groups in total. The zero-order chi connectivity index (χ0) is 33.6. The number of aromatic nitrogens is 1. The Morgan fingerprint density at radius 2 is 1.81 bits per heavy atom. The minimum absolute atomic E-state index is 0.0347. The molecule has 0 bridgehead atoms. The van der Waals surface area contributed by atoms with Crippen LogP contribution < -0.4 is 10.6 Å². The second-order valence-electron chi connectivity index (χ2n) is 14.6. The van der Waals surface area contributed by atoms with Gasteiger partial charge in [0.2, 0.25) is 5.91 Å². The number of para-hydroxylation sites is 1. The number of carboxylic acids is 1. The third-order valence-corrected chi connectivity index (χ3v) is 12.3. The van der Waals surface area contributed by atoms with Gasteiger partial charge in [-0.1, -0.05) is 42.8 Å². The fourth-order valence-corrected chi connectivity index (χ4v) is 9.61. The van der Waals surface area contributed by atoms with Crippen molar-refractivity contribution in [3.05, 3.63) is 47.7 Å². The molecule has 3 fully saturated rings. The number of rotatable bonds is 10. The molecule has 11 nitrogen and oxygen atoms in total. The first kappa shape index (κ1) is 32.9. The third-order valence-electron chi connectivity index (χ3n) is 12.3. The Morgan fingerprint density at radius 1 is 1.04 bits per heavy atom. The number of aromatic amines is 1. The van der Waals surface area contributed by atoms with Crippen molar-refractivity contribution in [1.29, 1.82) is 0 Å². The van der Waals surface area contributed by atoms with Crippen LogP contribution in [0.1, 0.15) is 77.7 Å². The molecule has 0 saturated heterocycles. The Balaban J connectivity index is 0.991. The summed E-state index contributed by atoms with van der Waals surface area (Å²) in [6.45, 7) is 5.29. The molecule has 4 unspecified atom stereocenters. The predicted molar refractivity (Wildman–Crippen MR) is 175 cm³/mol. The lowest BCUT2D eigenvalue weighted by Gasteiger charge is -2.59. The van der Waals surface area contributed by atoms with Crippen LogP contribution in [0.5, 0.6) is 0 Å². The molecule has 4 aliphatic carbocycles. The molecule has 0 spiro atoms. The van der Waals surface area contributed by atoms with Crippen LogP contribution in [0.4, 0.5) is 0 Å². The Kier molecular flexibility index (Phi) is 8.80. The van der Waals surface area contributed by atoms with E-state index in [1.807, 2.05) is 24.3 Å². The second-order valence-corrected chi connectivity index (χ2v) is 14.6. The van der Waals surface area contributed by atoms with Gasteiger partial charge in [0.25, 0.3) is 5.91 Å². The minimum Gasteiger partial charge on any atom is -0.480 e. The van der Waals surface area contributed by atoms with Gasteiger partial charge in [0.1, 0.15) is 11.6 Å². The van der Waals surface area contributed by atoms with Crippen LogP contribution in [0.2, 0.25) is 0 Å². The molecule has 252 valence electrons. The van der Waals surface area contributed by atoms with Gasteiger partial charge in [-0.15, -0.1) is 0 Å². The van der Waals surface area contributed by atoms with Gasteiger partial charge in [0, 0.05) is 28.9 Å². The van der Waals surface area contributed by atoms with E-state index in [2.05, 4.69) is 40.7 Å². The number of aliphatic hydroxyl groups is 1. The number of ketones is 1. The summed E-state index contributed by atoms with van der Waals surface area (Å²) in [4.78, 5) is 57.7. The molecule has 1 heterocycles. The Labute approximate surface area is 274 Å². The van der Waals surface area contributed by atoms with E-state index < -0.39 is 29.4 Å². The highest BCUT2D eigenvalue weighted by molar-refractivity contribution is 5.96. The van der Waals surface area contributed by atoms with Gasteiger partial charge in [-0.25, -0.2) is 4.79 Å². The Bertz CT molecular complexity index is 1650. The number of oxime groups is 1. The second kappa shape index (κ2) is 12.6. The lowest BCUT2D eigenvalue weighted by molar-refractivity contribution is -0.159. The third kappa shape index (κ3) is 5.87. The maximum absolute atomic E-state index is 12.5. The zero-order valence-corrected chi connectivity index (χ0v) is 27.4. The first-order chi connectivity index (χ1) is 22.4. The Morgan fingerprint density at radius 3 is 2.57 bits per heavy atom. The smallest absolute Gasteiger partial charge is 0.326 e. The molecular weight excluding hydrogens is 600 g/mol. The molecule has 0 aliphatic heterocycles. The fourth-order valence-electron chi connectivity index (χ4n) is 9.61. The maximum atomic E-state index is 12.5. The molecule has 2 aromatic rings. The molecule has 11 heteroatoms. The predicted octanol–water partition coefficient (Wildman–Crippen LogP) is 4.05. The van der Waals surface area contributed by atoms with Gasteiger partial charge in [0.15, 0.2) is 12.4 Å². The summed E-state index contributed by atoms with van der Waals surface area (Å²) in [7, 11) is 0. The lowest BCUT2D eigenvalue weighted by Crippen LogP contribution is -2.57. The monoisotopic (exact) mass is 646 g/mol. The van der Waals surface area contributed by atoms with E-state index in [4.69, 9.17) is 4.84 Å². The molecular formula is C36H46N4O7. The largest absolute Gasteiger partial charge is 0.480 e. The van der Waals surface area contributed by atoms with E-state index >= 15 is 0 Å². The number of carbonyl (C=O) groups is 4. The van der Waals surface area contributed by atoms with Crippen molar-refractivity contribution >= 4 is 40.2 Å². The molecule has 7 atom stereocenters. The normalized spacial score (nSPS) is 32.8. The number of nitrogens with one attached hydrogen (secondary N) is 3. The summed E-state index contributed by atoms with van der Waals surface area (Å²) >= 11 is 0. The highest BCUT2D eigenvalue weighted by Gasteiger charge is 2.65. The van der Waals surface area contributed by atoms with Crippen LogP contribution in [0.15, 0.2) is 47.3 Å². The number of aliphatic carboxylic acids is 1. The average Bonchev–Trinajstić information content (AvgIpc) is 3.58. The Hall–Kier alpha value is -3.99. The van der Waals surface area contributed by atoms with E-state index in [0.717, 1.165) is 67.1 Å². The average molecular weight is 647 g/mol. The van der Waals surface area contributed by atoms with Crippen molar-refractivity contribution < 1.29 is 34.2 Å². The summed E-state index contributed by atoms with van der Waals surface area (Å²) in [5.41, 5.74) is 2.27. The van der Waals surface area contributed by atoms with Crippen LogP contribution >= 0.6 is 0 Å². The topological polar surface area (TPSA) is 170 Å². The molecule has 0 radical (unpaired) electrons. The standard InChI is InChI=1S/C36H46N4O7/c1-21(41)36(46)15-12-28-26-9-8-23-17-24(10-13-34(23,2)27(26)11-14-35(28,36)3)40-47-20-32(43)38-19-31(42)39-30(33(44)45)16-22-18-37-29-7-5-4-6-25(22)29/h4-7,17-18,26-28,30,37,46H,8-16,19-20H2,1-3H3,(H,38,43)(H,39,42)(H,44,45)/t26?,27?,28?,30?,34-,35-,36-/m0/s1. The number of carboxylic acid groups (broad SMARTS) is 1. The number of benzene rings is 1. The molecule has 3 saturated carbocycles. The maximum Gasteiger partial charge on any atom is 0.326 e. The van der Waals surface area contributed by atoms with Crippen LogP contribution in [0.3, 0.4) is 0 Å². The summed E-state index contributed by atoms with van der Waals surface area (Å²) in [5, 5.41) is 31.1. The van der Waals surface area contributed by atoms with Crippen molar-refractivity contribution in [2.24, 2.45) is 33.7 Å². The van der Waals surface area contributed by atoms with Gasteiger partial charge < -0.3 is 30.7 Å². The van der Waals surface area contributed by atoms with Gasteiger partial charge in [-0.05, 0) is 99.2 Å². The molecule has 47 heavy (non-hydrogen) atoms. The number of fused-ring (bicyclic) bond motifs is 6. The van der Waals surface area contributed by atoms with Crippen molar-refractivity contribution in [1.82, 2.24) is 15.6 Å². The molecule has 1 aromatic heterocycles. The van der Waals surface area contributed by atoms with Crippen molar-refractivity contribution in [2.75, 3.05) is 13.2 Å². The lowest BCUT2D eigenvalue weighted by atomic mass is 9.46. The summed E-state index contributed by atoms with van der Waals surface area (Å²) in [6.07, 6.45) is 10.9. The quantitative estimate of drug-likeness (QED) is 0.243. The van der Waals surface area contributed by atoms with E-state index in [0.29, 0.717) is 24.2 Å². The number of hydrogen-bond acceptors (Lipinski definition) is 7. The number of carbonyl (C=O) groups excluding carboxylic acids is 3. The van der Waals surface area contributed by atoms with Crippen LogP contribution in [0.25, 0.3) is 10.9 Å². The highest BCUT2D eigenvalue weighted by Crippen LogP contribution is 2.67. The van der Waals surface area contributed by atoms with E-state index in [1.54, 1.807) is 6.20 Å². The zero-order valence-electron chi connectivity index (χ0n) is 27.4. The van der Waals surface area contributed by atoms with Gasteiger partial charge >= 0.3 is 5.97 Å². The fraction of sp³-hybridized carbons (Fsp3) is 0.583. The molecule has 4 aliphatic rings. The van der Waals surface area contributed by atoms with Crippen LogP contribution in [-0.4, -0.2) is 69.3 Å². The number of amides is 2. The molecule has 2 amide bonds. The SMILES string of the molecule is CC(=O)[C@@]1(O)CCC2C3CCC4=CC(=NOCC(=O)NCC(=O)NC(Cc5c[nH]c6ccccc56)C(=O)O)CC[C@]4(C)C3CC[C@@]21C. The number of hydrogen-bond donors (Lipinski definition) is 5. The number of H-pyrrole nitrogens is 1. The number of allylic oxidation sites excluding steroid dienone is 2. The van der Waals surface area contributed by atoms with Crippen LogP contribution in [0, 0.1) is 28.6 Å². The number of Topliss-reactive ketones (excluding diaryl/α,β-unsaturated/α-hetero) is 1. The van der Waals surface area contributed by atoms with E-state index in [9.17, 15) is 29.4 Å². The first-order valence-corrected chi connectivity index (χ1v) is 16.8. The van der Waals surface area contributed by atoms with E-state index in [1.165, 1.54) is 12.5 Å². The van der Waals surface area contributed by atoms with Gasteiger partial charge in [-0.3, -0.25) is 14.4 Å². The van der Waals surface area contributed by atoms with E-state index in [-0.39, 0.29) is 36.2 Å². The number of nitrogens with zero attached hydrogens (tertiary/aromatic N) is 1. The summed E-state index contributed by atoms with van der Waals surface area (Å²) < 4.78 is 0. The molecule has 6 rings (SSSR count). The highest BCUT2D eigenvalue weighted by atomic mass is 16.6. The molecule has 1 aromatic carbocycles. The van der Waals surface area contributed by atoms with Gasteiger partial charge in [0.05, 0.1) is 12.3 Å². The van der Waals surface area contributed by atoms with Crippen LogP contribution in [-0.2, 0) is 30.4 Å². The summed E-state index contributed by atoms with van der Waals surface area (Å²) in [6, 6.07) is 6.37. The van der Waals surface area contributed by atoms with Crippen molar-refractivity contribution in [3.8, 4) is 0 Å². The minimum atomic E-state index is -1.21. The van der Waals surface area contributed by atoms with Crippen molar-refractivity contribution in [3.63, 3.8) is 0 Å². The van der Waals surface area contributed by atoms with Gasteiger partial charge in [-0.2, -0.15) is 0 Å². The van der Waals surface area contributed by atoms with Crippen molar-refractivity contribution in [2.45, 2.75) is 90.2 Å².